The highest BCUT2D eigenvalue weighted by Gasteiger charge is 2.62. The minimum atomic E-state index is -1.23. The molecule has 1 aliphatic carbocycles. The molecule has 0 radical (unpaired) electrons. The van der Waals surface area contributed by atoms with Crippen LogP contribution in [0.2, 0.25) is 0 Å². The highest BCUT2D eigenvalue weighted by molar-refractivity contribution is 5.16. The number of likely N-dealkylation sites (tertiary alicyclic amines) is 1. The van der Waals surface area contributed by atoms with Crippen LogP contribution in [-0.2, 0) is 0 Å². The topological polar surface area (TPSA) is 83.9 Å². The van der Waals surface area contributed by atoms with Crippen LogP contribution in [0.4, 0.5) is 0 Å². The van der Waals surface area contributed by atoms with Gasteiger partial charge in [0.2, 0.25) is 0 Å². The predicted octanol–water partition coefficient (Wildman–Crippen LogP) is -2.87. The maximum atomic E-state index is 9.38. The van der Waals surface area contributed by atoms with E-state index in [-0.39, 0.29) is 12.1 Å². The summed E-state index contributed by atoms with van der Waals surface area (Å²) in [5.41, 5.74) is 0. The van der Waals surface area contributed by atoms with Crippen LogP contribution in [0.3, 0.4) is 0 Å². The number of nitrogens with zero attached hydrogens (tertiary/aromatic N) is 1. The van der Waals surface area contributed by atoms with Gasteiger partial charge in [-0.15, -0.1) is 0 Å². The molecule has 0 bridgehead atoms. The van der Waals surface area contributed by atoms with E-state index in [0.717, 1.165) is 0 Å². The summed E-state index contributed by atoms with van der Waals surface area (Å²) >= 11 is 0. The van der Waals surface area contributed by atoms with Crippen molar-refractivity contribution in [2.45, 2.75) is 36.5 Å². The van der Waals surface area contributed by atoms with Gasteiger partial charge in [-0.3, -0.25) is 4.90 Å². The molecule has 70 valence electrons. The summed E-state index contributed by atoms with van der Waals surface area (Å²) in [6, 6.07) is -0.392. The van der Waals surface area contributed by atoms with Gasteiger partial charge in [0.1, 0.15) is 12.2 Å². The van der Waals surface area contributed by atoms with E-state index in [2.05, 4.69) is 0 Å². The standard InChI is InChI=1S/C7H13NO4/c1-8-2-3(8)5(10)7(12)6(11)4(2)9/h2-7,9-12H,1H3/t2-,3+,4-,5-,6+,7+,8?/m1/s1. The Morgan fingerprint density at radius 1 is 0.750 bits per heavy atom. The number of hydrogen-bond acceptors (Lipinski definition) is 5. The molecule has 1 unspecified atom stereocenters. The third kappa shape index (κ3) is 0.855. The van der Waals surface area contributed by atoms with Crippen LogP contribution >= 0.6 is 0 Å². The second-order valence-corrected chi connectivity index (χ2v) is 3.61. The Kier molecular flexibility index (Phi) is 1.68. The molecular formula is C7H13NO4. The lowest BCUT2D eigenvalue weighted by Crippen LogP contribution is -2.53. The molecule has 0 aromatic heterocycles. The Hall–Kier alpha value is -0.200. The molecule has 0 aromatic carbocycles. The molecule has 2 fully saturated rings. The summed E-state index contributed by atoms with van der Waals surface area (Å²) in [7, 11) is 1.74. The molecule has 1 saturated heterocycles. The molecule has 0 amide bonds. The fourth-order valence-electron chi connectivity index (χ4n) is 2.08. The molecule has 2 aliphatic rings. The zero-order chi connectivity index (χ0) is 9.04. The number of likely N-dealkylation sites (N-methyl/N-ethyl adjacent to an activating group) is 1. The van der Waals surface area contributed by atoms with Crippen molar-refractivity contribution in [1.82, 2.24) is 4.90 Å². The van der Waals surface area contributed by atoms with Crippen LogP contribution in [0.25, 0.3) is 0 Å². The van der Waals surface area contributed by atoms with Gasteiger partial charge in [0, 0.05) is 0 Å². The van der Waals surface area contributed by atoms with Gasteiger partial charge in [-0.05, 0) is 7.05 Å². The van der Waals surface area contributed by atoms with Crippen LogP contribution in [0.1, 0.15) is 0 Å². The fraction of sp³-hybridized carbons (Fsp3) is 1.00. The van der Waals surface area contributed by atoms with E-state index in [1.165, 1.54) is 0 Å². The second kappa shape index (κ2) is 2.40. The molecule has 0 spiro atoms. The van der Waals surface area contributed by atoms with E-state index >= 15 is 0 Å². The maximum Gasteiger partial charge on any atom is 0.110 e. The number of hydrogen-bond donors (Lipinski definition) is 4. The van der Waals surface area contributed by atoms with Gasteiger partial charge in [0.25, 0.3) is 0 Å². The number of aliphatic hydroxyl groups excluding tert-OH is 4. The van der Waals surface area contributed by atoms with Crippen molar-refractivity contribution in [1.29, 1.82) is 0 Å². The SMILES string of the molecule is CN1[C@@H]2[C@@H](O)[C@H](O)[C@@H](O)[C@H](O)[C@@H]21. The first kappa shape index (κ1) is 8.40. The monoisotopic (exact) mass is 175 g/mol. The molecular weight excluding hydrogens is 162 g/mol. The van der Waals surface area contributed by atoms with E-state index in [1.807, 2.05) is 0 Å². The first-order chi connectivity index (χ1) is 5.55. The van der Waals surface area contributed by atoms with E-state index < -0.39 is 24.4 Å². The van der Waals surface area contributed by atoms with Crippen LogP contribution in [0, 0.1) is 0 Å². The van der Waals surface area contributed by atoms with Crippen LogP contribution in [-0.4, -0.2) is 68.9 Å². The molecule has 4 N–H and O–H groups in total. The molecule has 2 rings (SSSR count). The molecule has 7 atom stereocenters. The minimum absolute atomic E-state index is 0.196. The Morgan fingerprint density at radius 3 is 1.42 bits per heavy atom. The highest BCUT2D eigenvalue weighted by Crippen LogP contribution is 2.39. The first-order valence-corrected chi connectivity index (χ1v) is 4.00. The summed E-state index contributed by atoms with van der Waals surface area (Å²) in [5, 5.41) is 37.3. The molecule has 5 heteroatoms. The lowest BCUT2D eigenvalue weighted by Gasteiger charge is -2.30. The second-order valence-electron chi connectivity index (χ2n) is 3.61. The third-order valence-electron chi connectivity index (χ3n) is 2.95. The number of fused-ring (bicyclic) bond motifs is 1. The van der Waals surface area contributed by atoms with Crippen LogP contribution < -0.4 is 0 Å². The van der Waals surface area contributed by atoms with Crippen molar-refractivity contribution >= 4 is 0 Å². The van der Waals surface area contributed by atoms with Crippen LogP contribution in [0.5, 0.6) is 0 Å². The van der Waals surface area contributed by atoms with Gasteiger partial charge in [0.05, 0.1) is 24.3 Å². The number of rotatable bonds is 0. The predicted molar refractivity (Wildman–Crippen MR) is 39.4 cm³/mol. The first-order valence-electron chi connectivity index (χ1n) is 4.00. The maximum absolute atomic E-state index is 9.38. The van der Waals surface area contributed by atoms with Crippen molar-refractivity contribution < 1.29 is 20.4 Å². The lowest BCUT2D eigenvalue weighted by molar-refractivity contribution is -0.121. The summed E-state index contributed by atoms with van der Waals surface area (Å²) in [6.07, 6.45) is -4.35. The molecule has 1 aliphatic heterocycles. The van der Waals surface area contributed by atoms with Crippen LogP contribution in [0.15, 0.2) is 0 Å². The van der Waals surface area contributed by atoms with E-state index in [4.69, 9.17) is 0 Å². The smallest absolute Gasteiger partial charge is 0.110 e. The van der Waals surface area contributed by atoms with Gasteiger partial charge in [0.15, 0.2) is 0 Å². The molecule has 1 heterocycles. The van der Waals surface area contributed by atoms with Crippen molar-refractivity contribution in [2.75, 3.05) is 7.05 Å². The van der Waals surface area contributed by atoms with Gasteiger partial charge >= 0.3 is 0 Å². The third-order valence-corrected chi connectivity index (χ3v) is 2.95. The van der Waals surface area contributed by atoms with Gasteiger partial charge in [-0.25, -0.2) is 0 Å². The van der Waals surface area contributed by atoms with E-state index in [1.54, 1.807) is 11.9 Å². The van der Waals surface area contributed by atoms with Crippen molar-refractivity contribution in [2.24, 2.45) is 0 Å². The Morgan fingerprint density at radius 2 is 1.08 bits per heavy atom. The molecule has 12 heavy (non-hydrogen) atoms. The van der Waals surface area contributed by atoms with E-state index in [0.29, 0.717) is 0 Å². The quantitative estimate of drug-likeness (QED) is 0.297. The fourth-order valence-corrected chi connectivity index (χ4v) is 2.08. The van der Waals surface area contributed by atoms with E-state index in [9.17, 15) is 20.4 Å². The van der Waals surface area contributed by atoms with Gasteiger partial charge < -0.3 is 20.4 Å². The Labute approximate surface area is 69.9 Å². The average Bonchev–Trinajstić information content (AvgIpc) is 2.70. The Balaban J connectivity index is 2.17. The lowest BCUT2D eigenvalue weighted by atomic mass is 9.90. The molecule has 5 nitrogen and oxygen atoms in total. The highest BCUT2D eigenvalue weighted by atomic mass is 16.4. The van der Waals surface area contributed by atoms with Gasteiger partial charge in [-0.1, -0.05) is 0 Å². The normalized spacial score (nSPS) is 64.2. The van der Waals surface area contributed by atoms with Crippen molar-refractivity contribution in [3.05, 3.63) is 0 Å². The number of aliphatic hydroxyl groups is 4. The van der Waals surface area contributed by atoms with Crippen molar-refractivity contribution in [3.63, 3.8) is 0 Å². The summed E-state index contributed by atoms with van der Waals surface area (Å²) in [6.45, 7) is 0. The molecule has 0 aromatic rings. The Bertz CT molecular complexity index is 150. The summed E-state index contributed by atoms with van der Waals surface area (Å²) in [5.74, 6) is 0. The summed E-state index contributed by atoms with van der Waals surface area (Å²) < 4.78 is 0. The average molecular weight is 175 g/mol. The minimum Gasteiger partial charge on any atom is -0.389 e. The largest absolute Gasteiger partial charge is 0.389 e. The zero-order valence-corrected chi connectivity index (χ0v) is 6.70. The van der Waals surface area contributed by atoms with Gasteiger partial charge in [-0.2, -0.15) is 0 Å². The molecule has 1 saturated carbocycles. The summed E-state index contributed by atoms with van der Waals surface area (Å²) in [4.78, 5) is 1.74. The zero-order valence-electron chi connectivity index (χ0n) is 6.70. The van der Waals surface area contributed by atoms with Crippen molar-refractivity contribution in [3.8, 4) is 0 Å².